The van der Waals surface area contributed by atoms with Crippen molar-refractivity contribution in [2.24, 2.45) is 0 Å². The van der Waals surface area contributed by atoms with Crippen LogP contribution in [-0.4, -0.2) is 9.97 Å². The highest BCUT2D eigenvalue weighted by Crippen LogP contribution is 2.15. The first-order valence-electron chi connectivity index (χ1n) is 4.34. The fraction of sp³-hybridized carbons (Fsp3) is 0.600. The molecule has 0 fully saturated rings. The predicted molar refractivity (Wildman–Crippen MR) is 50.3 cm³/mol. The number of aromatic nitrogens is 2. The summed E-state index contributed by atoms with van der Waals surface area (Å²) < 4.78 is 0. The molecule has 0 bridgehead atoms. The van der Waals surface area contributed by atoms with Crippen molar-refractivity contribution >= 4 is 0 Å². The van der Waals surface area contributed by atoms with Gasteiger partial charge in [0.15, 0.2) is 0 Å². The van der Waals surface area contributed by atoms with E-state index in [0.29, 0.717) is 5.92 Å². The standard InChI is InChI=1S/C10H16N2/c1-6(2)10-9(5)11-7(3)8(4)12-10/h6H,1-5H3. The molecule has 66 valence electrons. The van der Waals surface area contributed by atoms with Crippen LogP contribution in [0.2, 0.25) is 0 Å². The topological polar surface area (TPSA) is 25.8 Å². The van der Waals surface area contributed by atoms with Crippen molar-refractivity contribution in [1.29, 1.82) is 0 Å². The fourth-order valence-electron chi connectivity index (χ4n) is 1.28. The maximum absolute atomic E-state index is 4.51. The molecule has 0 radical (unpaired) electrons. The predicted octanol–water partition coefficient (Wildman–Crippen LogP) is 2.53. The minimum Gasteiger partial charge on any atom is -0.255 e. The lowest BCUT2D eigenvalue weighted by molar-refractivity contribution is 0.779. The third kappa shape index (κ3) is 1.63. The zero-order chi connectivity index (χ0) is 9.30. The van der Waals surface area contributed by atoms with Gasteiger partial charge in [-0.1, -0.05) is 13.8 Å². The molecule has 0 aromatic carbocycles. The Morgan fingerprint density at radius 2 is 1.33 bits per heavy atom. The zero-order valence-electron chi connectivity index (χ0n) is 8.47. The quantitative estimate of drug-likeness (QED) is 0.637. The Labute approximate surface area is 74.1 Å². The molecule has 0 N–H and O–H groups in total. The second-order valence-electron chi connectivity index (χ2n) is 3.52. The lowest BCUT2D eigenvalue weighted by Crippen LogP contribution is -2.03. The van der Waals surface area contributed by atoms with Crippen molar-refractivity contribution in [1.82, 2.24) is 9.97 Å². The van der Waals surface area contributed by atoms with Gasteiger partial charge in [0.05, 0.1) is 22.8 Å². The number of aryl methyl sites for hydroxylation is 3. The van der Waals surface area contributed by atoms with Crippen molar-refractivity contribution in [2.45, 2.75) is 40.5 Å². The van der Waals surface area contributed by atoms with Crippen LogP contribution in [0.4, 0.5) is 0 Å². The average Bonchev–Trinajstić information content (AvgIpc) is 1.96. The van der Waals surface area contributed by atoms with Crippen LogP contribution < -0.4 is 0 Å². The zero-order valence-corrected chi connectivity index (χ0v) is 8.47. The molecule has 0 spiro atoms. The molecule has 2 nitrogen and oxygen atoms in total. The molecule has 0 unspecified atom stereocenters. The van der Waals surface area contributed by atoms with Gasteiger partial charge in [-0.25, -0.2) is 0 Å². The lowest BCUT2D eigenvalue weighted by Gasteiger charge is -2.09. The first-order chi connectivity index (χ1) is 5.52. The maximum Gasteiger partial charge on any atom is 0.0644 e. The van der Waals surface area contributed by atoms with Crippen LogP contribution in [0.1, 0.15) is 42.5 Å². The van der Waals surface area contributed by atoms with Crippen LogP contribution in [0.5, 0.6) is 0 Å². The SMILES string of the molecule is Cc1nc(C)c(C(C)C)nc1C. The van der Waals surface area contributed by atoms with Gasteiger partial charge in [-0.15, -0.1) is 0 Å². The Balaban J connectivity index is 3.23. The Morgan fingerprint density at radius 3 is 1.83 bits per heavy atom. The van der Waals surface area contributed by atoms with Gasteiger partial charge in [0.2, 0.25) is 0 Å². The molecule has 1 rings (SSSR count). The van der Waals surface area contributed by atoms with Gasteiger partial charge < -0.3 is 0 Å². The lowest BCUT2D eigenvalue weighted by atomic mass is 10.1. The molecular weight excluding hydrogens is 148 g/mol. The van der Waals surface area contributed by atoms with Gasteiger partial charge >= 0.3 is 0 Å². The highest BCUT2D eigenvalue weighted by molar-refractivity contribution is 5.19. The summed E-state index contributed by atoms with van der Waals surface area (Å²) in [5.41, 5.74) is 4.27. The van der Waals surface area contributed by atoms with E-state index >= 15 is 0 Å². The molecule has 0 saturated heterocycles. The minimum atomic E-state index is 0.469. The smallest absolute Gasteiger partial charge is 0.0644 e. The number of hydrogen-bond donors (Lipinski definition) is 0. The Bertz CT molecular complexity index is 290. The Hall–Kier alpha value is -0.920. The number of hydrogen-bond acceptors (Lipinski definition) is 2. The van der Waals surface area contributed by atoms with Gasteiger partial charge in [0.25, 0.3) is 0 Å². The van der Waals surface area contributed by atoms with Crippen LogP contribution in [0.25, 0.3) is 0 Å². The van der Waals surface area contributed by atoms with E-state index in [0.717, 1.165) is 22.8 Å². The van der Waals surface area contributed by atoms with Crippen molar-refractivity contribution in [3.8, 4) is 0 Å². The molecule has 12 heavy (non-hydrogen) atoms. The molecule has 0 aliphatic carbocycles. The maximum atomic E-state index is 4.51. The monoisotopic (exact) mass is 164 g/mol. The van der Waals surface area contributed by atoms with E-state index in [1.807, 2.05) is 20.8 Å². The fourth-order valence-corrected chi connectivity index (χ4v) is 1.28. The summed E-state index contributed by atoms with van der Waals surface area (Å²) >= 11 is 0. The van der Waals surface area contributed by atoms with Crippen LogP contribution >= 0.6 is 0 Å². The van der Waals surface area contributed by atoms with Crippen molar-refractivity contribution < 1.29 is 0 Å². The summed E-state index contributed by atoms with van der Waals surface area (Å²) in [5, 5.41) is 0. The molecule has 2 heteroatoms. The number of nitrogens with zero attached hydrogens (tertiary/aromatic N) is 2. The van der Waals surface area contributed by atoms with E-state index in [4.69, 9.17) is 0 Å². The van der Waals surface area contributed by atoms with E-state index in [1.165, 1.54) is 0 Å². The summed E-state index contributed by atoms with van der Waals surface area (Å²) in [6.45, 7) is 10.3. The molecule has 1 heterocycles. The Kier molecular flexibility index (Phi) is 2.46. The molecule has 0 aliphatic rings. The molecule has 0 aliphatic heterocycles. The summed E-state index contributed by atoms with van der Waals surface area (Å²) in [6, 6.07) is 0. The third-order valence-corrected chi connectivity index (χ3v) is 2.06. The average molecular weight is 164 g/mol. The highest BCUT2D eigenvalue weighted by atomic mass is 14.8. The Morgan fingerprint density at radius 1 is 0.833 bits per heavy atom. The van der Waals surface area contributed by atoms with Gasteiger partial charge in [-0.2, -0.15) is 0 Å². The van der Waals surface area contributed by atoms with Crippen LogP contribution in [-0.2, 0) is 0 Å². The van der Waals surface area contributed by atoms with E-state index in [-0.39, 0.29) is 0 Å². The van der Waals surface area contributed by atoms with Gasteiger partial charge in [0.1, 0.15) is 0 Å². The molecule has 1 aromatic heterocycles. The third-order valence-electron chi connectivity index (χ3n) is 2.06. The van der Waals surface area contributed by atoms with Crippen LogP contribution in [0.15, 0.2) is 0 Å². The first kappa shape index (κ1) is 9.17. The van der Waals surface area contributed by atoms with Crippen molar-refractivity contribution in [3.63, 3.8) is 0 Å². The molecular formula is C10H16N2. The summed E-state index contributed by atoms with van der Waals surface area (Å²) in [7, 11) is 0. The number of rotatable bonds is 1. The van der Waals surface area contributed by atoms with Crippen LogP contribution in [0.3, 0.4) is 0 Å². The second-order valence-corrected chi connectivity index (χ2v) is 3.52. The molecule has 0 atom stereocenters. The largest absolute Gasteiger partial charge is 0.255 e. The van der Waals surface area contributed by atoms with E-state index < -0.39 is 0 Å². The second kappa shape index (κ2) is 3.21. The normalized spacial score (nSPS) is 10.8. The molecule has 0 amide bonds. The summed E-state index contributed by atoms with van der Waals surface area (Å²) in [5.74, 6) is 0.469. The van der Waals surface area contributed by atoms with Crippen molar-refractivity contribution in [3.05, 3.63) is 22.8 Å². The van der Waals surface area contributed by atoms with Gasteiger partial charge in [-0.05, 0) is 26.7 Å². The first-order valence-corrected chi connectivity index (χ1v) is 4.34. The summed E-state index contributed by atoms with van der Waals surface area (Å²) in [4.78, 5) is 8.94. The highest BCUT2D eigenvalue weighted by Gasteiger charge is 2.07. The summed E-state index contributed by atoms with van der Waals surface area (Å²) in [6.07, 6.45) is 0. The van der Waals surface area contributed by atoms with Crippen LogP contribution in [0, 0.1) is 20.8 Å². The molecule has 1 aromatic rings. The van der Waals surface area contributed by atoms with Gasteiger partial charge in [-0.3, -0.25) is 9.97 Å². The molecule has 0 saturated carbocycles. The van der Waals surface area contributed by atoms with E-state index in [2.05, 4.69) is 23.8 Å². The van der Waals surface area contributed by atoms with E-state index in [9.17, 15) is 0 Å². The van der Waals surface area contributed by atoms with Crippen molar-refractivity contribution in [2.75, 3.05) is 0 Å². The van der Waals surface area contributed by atoms with E-state index in [1.54, 1.807) is 0 Å². The van der Waals surface area contributed by atoms with Gasteiger partial charge in [0, 0.05) is 0 Å². The minimum absolute atomic E-state index is 0.469.